The maximum absolute atomic E-state index is 13.0. The molecule has 2 nitrogen and oxygen atoms in total. The number of carbonyl (C=O) groups excluding carboxylic acids is 1. The maximum Gasteiger partial charge on any atom is 0.416 e. The minimum Gasteiger partial charge on any atom is -0.342 e. The smallest absolute Gasteiger partial charge is 0.342 e. The van der Waals surface area contributed by atoms with Crippen LogP contribution in [0.25, 0.3) is 0 Å². The lowest BCUT2D eigenvalue weighted by Crippen LogP contribution is -2.36. The van der Waals surface area contributed by atoms with Crippen LogP contribution < -0.4 is 0 Å². The molecule has 0 N–H and O–H groups in total. The first-order valence-corrected chi connectivity index (χ1v) is 7.43. The summed E-state index contributed by atoms with van der Waals surface area (Å²) in [6.45, 7) is 1.51. The van der Waals surface area contributed by atoms with E-state index in [9.17, 15) is 18.0 Å². The number of rotatable bonds is 2. The number of halogens is 3. The van der Waals surface area contributed by atoms with Gasteiger partial charge in [-0.05, 0) is 43.2 Å². The van der Waals surface area contributed by atoms with Crippen molar-refractivity contribution in [2.24, 2.45) is 5.92 Å². The van der Waals surface area contributed by atoms with Gasteiger partial charge in [0.1, 0.15) is 0 Å². The fraction of sp³-hybridized carbons (Fsp3) is 0.562. The predicted octanol–water partition coefficient (Wildman–Crippen LogP) is 3.82. The summed E-state index contributed by atoms with van der Waals surface area (Å²) in [4.78, 5) is 14.2. The molecule has 0 spiro atoms. The molecule has 0 unspecified atom stereocenters. The second-order valence-electron chi connectivity index (χ2n) is 5.92. The SMILES string of the molecule is O=C([C@H]1C[C@@H]1c1ccccc1C(F)(F)F)N1CCCCC1. The number of carbonyl (C=O) groups is 1. The summed E-state index contributed by atoms with van der Waals surface area (Å²) in [6.07, 6.45) is -0.667. The zero-order valence-corrected chi connectivity index (χ0v) is 11.7. The predicted molar refractivity (Wildman–Crippen MR) is 72.7 cm³/mol. The molecule has 1 aliphatic heterocycles. The number of nitrogens with zero attached hydrogens (tertiary/aromatic N) is 1. The van der Waals surface area contributed by atoms with Gasteiger partial charge in [-0.15, -0.1) is 0 Å². The van der Waals surface area contributed by atoms with Crippen LogP contribution in [-0.2, 0) is 11.0 Å². The van der Waals surface area contributed by atoms with Crippen LogP contribution in [0.1, 0.15) is 42.7 Å². The molecule has 1 saturated carbocycles. The standard InChI is InChI=1S/C16H18F3NO/c17-16(18,19)14-7-3-2-6-11(14)12-10-13(12)15(21)20-8-4-1-5-9-20/h2-3,6-7,12-13H,1,4-5,8-10H2/t12-,13+/m1/s1. The Labute approximate surface area is 121 Å². The fourth-order valence-electron chi connectivity index (χ4n) is 3.24. The molecule has 1 amide bonds. The molecule has 3 rings (SSSR count). The Hall–Kier alpha value is -1.52. The third-order valence-corrected chi connectivity index (χ3v) is 4.44. The lowest BCUT2D eigenvalue weighted by Gasteiger charge is -2.27. The van der Waals surface area contributed by atoms with Gasteiger partial charge in [0.15, 0.2) is 0 Å². The van der Waals surface area contributed by atoms with Crippen molar-refractivity contribution < 1.29 is 18.0 Å². The second-order valence-corrected chi connectivity index (χ2v) is 5.92. The van der Waals surface area contributed by atoms with Crippen molar-refractivity contribution in [3.63, 3.8) is 0 Å². The van der Waals surface area contributed by atoms with Gasteiger partial charge >= 0.3 is 6.18 Å². The molecule has 0 radical (unpaired) electrons. The number of benzene rings is 1. The maximum atomic E-state index is 13.0. The van der Waals surface area contributed by atoms with Gasteiger partial charge in [0.25, 0.3) is 0 Å². The van der Waals surface area contributed by atoms with Gasteiger partial charge in [-0.3, -0.25) is 4.79 Å². The molecule has 114 valence electrons. The van der Waals surface area contributed by atoms with Crippen LogP contribution in [0.4, 0.5) is 13.2 Å². The van der Waals surface area contributed by atoms with E-state index >= 15 is 0 Å². The normalized spacial score (nSPS) is 25.8. The van der Waals surface area contributed by atoms with Crippen LogP contribution in [0, 0.1) is 5.92 Å². The average molecular weight is 297 g/mol. The molecular formula is C16H18F3NO. The highest BCUT2D eigenvalue weighted by molar-refractivity contribution is 5.83. The number of piperidine rings is 1. The summed E-state index contributed by atoms with van der Waals surface area (Å²) in [6, 6.07) is 5.63. The number of likely N-dealkylation sites (tertiary alicyclic amines) is 1. The minimum atomic E-state index is -4.35. The molecule has 0 aromatic heterocycles. The highest BCUT2D eigenvalue weighted by Gasteiger charge is 2.49. The van der Waals surface area contributed by atoms with Gasteiger partial charge < -0.3 is 4.90 Å². The van der Waals surface area contributed by atoms with E-state index in [1.807, 2.05) is 4.90 Å². The van der Waals surface area contributed by atoms with Gasteiger partial charge in [-0.2, -0.15) is 13.2 Å². The Bertz CT molecular complexity index is 535. The highest BCUT2D eigenvalue weighted by Crippen LogP contribution is 2.51. The molecule has 1 aliphatic carbocycles. The van der Waals surface area contributed by atoms with Crippen LogP contribution >= 0.6 is 0 Å². The van der Waals surface area contributed by atoms with Crippen molar-refractivity contribution in [1.82, 2.24) is 4.90 Å². The Kier molecular flexibility index (Phi) is 3.68. The molecule has 2 aliphatic rings. The zero-order chi connectivity index (χ0) is 15.0. The van der Waals surface area contributed by atoms with E-state index in [-0.39, 0.29) is 23.3 Å². The van der Waals surface area contributed by atoms with Gasteiger partial charge in [0.05, 0.1) is 5.56 Å². The third-order valence-electron chi connectivity index (χ3n) is 4.44. The minimum absolute atomic E-state index is 0.0386. The number of hydrogen-bond acceptors (Lipinski definition) is 1. The molecule has 21 heavy (non-hydrogen) atoms. The Morgan fingerprint density at radius 3 is 2.43 bits per heavy atom. The van der Waals surface area contributed by atoms with Crippen molar-refractivity contribution in [2.45, 2.75) is 37.8 Å². The van der Waals surface area contributed by atoms with Crippen LogP contribution in [0.5, 0.6) is 0 Å². The van der Waals surface area contributed by atoms with Crippen LogP contribution in [0.15, 0.2) is 24.3 Å². The van der Waals surface area contributed by atoms with E-state index in [4.69, 9.17) is 0 Å². The number of amides is 1. The van der Waals surface area contributed by atoms with Crippen molar-refractivity contribution >= 4 is 5.91 Å². The van der Waals surface area contributed by atoms with Gasteiger partial charge in [-0.25, -0.2) is 0 Å². The zero-order valence-electron chi connectivity index (χ0n) is 11.7. The Morgan fingerprint density at radius 2 is 1.76 bits per heavy atom. The van der Waals surface area contributed by atoms with Gasteiger partial charge in [-0.1, -0.05) is 18.2 Å². The summed E-state index contributed by atoms with van der Waals surface area (Å²) < 4.78 is 39.1. The Morgan fingerprint density at radius 1 is 1.10 bits per heavy atom. The molecule has 5 heteroatoms. The van der Waals surface area contributed by atoms with Crippen molar-refractivity contribution in [3.8, 4) is 0 Å². The quantitative estimate of drug-likeness (QED) is 0.812. The largest absolute Gasteiger partial charge is 0.416 e. The van der Waals surface area contributed by atoms with E-state index in [2.05, 4.69) is 0 Å². The molecule has 0 bridgehead atoms. The van der Waals surface area contributed by atoms with Gasteiger partial charge in [0, 0.05) is 19.0 Å². The molecule has 1 saturated heterocycles. The highest BCUT2D eigenvalue weighted by atomic mass is 19.4. The first kappa shape index (κ1) is 14.4. The molecule has 2 fully saturated rings. The third kappa shape index (κ3) is 2.92. The number of hydrogen-bond donors (Lipinski definition) is 0. The van der Waals surface area contributed by atoms with E-state index in [0.717, 1.165) is 38.4 Å². The van der Waals surface area contributed by atoms with Crippen molar-refractivity contribution in [2.75, 3.05) is 13.1 Å². The Balaban J connectivity index is 1.74. The van der Waals surface area contributed by atoms with Gasteiger partial charge in [0.2, 0.25) is 5.91 Å². The summed E-state index contributed by atoms with van der Waals surface area (Å²) >= 11 is 0. The first-order valence-electron chi connectivity index (χ1n) is 7.43. The summed E-state index contributed by atoms with van der Waals surface area (Å²) in [5, 5.41) is 0. The first-order chi connectivity index (χ1) is 9.98. The van der Waals surface area contributed by atoms with Crippen LogP contribution in [-0.4, -0.2) is 23.9 Å². The average Bonchev–Trinajstić information content (AvgIpc) is 3.27. The van der Waals surface area contributed by atoms with E-state index in [0.29, 0.717) is 6.42 Å². The molecule has 1 aromatic carbocycles. The van der Waals surface area contributed by atoms with Crippen molar-refractivity contribution in [1.29, 1.82) is 0 Å². The van der Waals surface area contributed by atoms with Crippen LogP contribution in [0.2, 0.25) is 0 Å². The van der Waals surface area contributed by atoms with E-state index < -0.39 is 11.7 Å². The summed E-state index contributed by atoms with van der Waals surface area (Å²) in [5.41, 5.74) is -0.315. The van der Waals surface area contributed by atoms with E-state index in [1.165, 1.54) is 12.1 Å². The number of alkyl halides is 3. The monoisotopic (exact) mass is 297 g/mol. The van der Waals surface area contributed by atoms with Crippen molar-refractivity contribution in [3.05, 3.63) is 35.4 Å². The van der Waals surface area contributed by atoms with Crippen LogP contribution in [0.3, 0.4) is 0 Å². The summed E-state index contributed by atoms with van der Waals surface area (Å²) in [5.74, 6) is -0.486. The molecule has 1 aromatic rings. The van der Waals surface area contributed by atoms with E-state index in [1.54, 1.807) is 6.07 Å². The lowest BCUT2D eigenvalue weighted by molar-refractivity contribution is -0.138. The topological polar surface area (TPSA) is 20.3 Å². The molecule has 1 heterocycles. The summed E-state index contributed by atoms with van der Waals surface area (Å²) in [7, 11) is 0. The molecular weight excluding hydrogens is 279 g/mol. The second kappa shape index (κ2) is 5.35. The lowest BCUT2D eigenvalue weighted by atomic mass is 10.0. The fourth-order valence-corrected chi connectivity index (χ4v) is 3.24. The molecule has 2 atom stereocenters.